The first kappa shape index (κ1) is 29.5. The molecule has 0 bridgehead atoms. The molecule has 51 heavy (non-hydrogen) atoms. The second kappa shape index (κ2) is 12.2. The van der Waals surface area contributed by atoms with E-state index >= 15 is 0 Å². The highest BCUT2D eigenvalue weighted by Gasteiger charge is 2.26. The largest absolute Gasteiger partial charge is 0.456 e. The van der Waals surface area contributed by atoms with Crippen molar-refractivity contribution in [3.8, 4) is 33.7 Å². The van der Waals surface area contributed by atoms with Crippen LogP contribution in [-0.2, 0) is 12.8 Å². The molecule has 0 spiro atoms. The van der Waals surface area contributed by atoms with Crippen LogP contribution < -0.4 is 4.90 Å². The van der Waals surface area contributed by atoms with Gasteiger partial charge in [0.15, 0.2) is 5.58 Å². The van der Waals surface area contributed by atoms with Crippen LogP contribution in [0.1, 0.15) is 24.0 Å². The van der Waals surface area contributed by atoms with Crippen LogP contribution in [0.2, 0.25) is 0 Å². The topological polar surface area (TPSA) is 42.4 Å². The predicted octanol–water partition coefficient (Wildman–Crippen LogP) is 13.1. The van der Waals surface area contributed by atoms with Gasteiger partial charge in [-0.3, -0.25) is 0 Å². The van der Waals surface area contributed by atoms with Gasteiger partial charge < -0.3 is 13.7 Å². The van der Waals surface area contributed by atoms with Crippen LogP contribution in [0.25, 0.3) is 66.7 Å². The summed E-state index contributed by atoms with van der Waals surface area (Å²) in [6.45, 7) is 0. The van der Waals surface area contributed by atoms with Gasteiger partial charge in [-0.25, -0.2) is 4.98 Å². The van der Waals surface area contributed by atoms with Gasteiger partial charge in [-0.1, -0.05) is 103 Å². The van der Waals surface area contributed by atoms with Gasteiger partial charge in [-0.2, -0.15) is 0 Å². The quantitative estimate of drug-likeness (QED) is 0.178. The molecular formula is C47H34N2O2. The monoisotopic (exact) mass is 658 g/mol. The minimum atomic E-state index is 0.605. The molecule has 0 atom stereocenters. The van der Waals surface area contributed by atoms with Crippen molar-refractivity contribution in [3.63, 3.8) is 0 Å². The lowest BCUT2D eigenvalue weighted by molar-refractivity contribution is 0.617. The van der Waals surface area contributed by atoms with Crippen LogP contribution in [0.15, 0.2) is 167 Å². The molecule has 0 unspecified atom stereocenters. The highest BCUT2D eigenvalue weighted by atomic mass is 16.4. The van der Waals surface area contributed by atoms with Crippen LogP contribution in [-0.4, -0.2) is 4.98 Å². The second-order valence-electron chi connectivity index (χ2n) is 13.4. The number of fused-ring (bicyclic) bond motifs is 5. The first-order valence-corrected chi connectivity index (χ1v) is 17.8. The molecule has 0 amide bonds. The Bertz CT molecular complexity index is 2670. The van der Waals surface area contributed by atoms with Gasteiger partial charge in [-0.05, 0) is 108 Å². The summed E-state index contributed by atoms with van der Waals surface area (Å²) in [6, 6.07) is 55.6. The summed E-state index contributed by atoms with van der Waals surface area (Å²) >= 11 is 0. The van der Waals surface area contributed by atoms with Crippen LogP contribution in [0.3, 0.4) is 0 Å². The van der Waals surface area contributed by atoms with Crippen LogP contribution in [0.5, 0.6) is 0 Å². The molecule has 2 aromatic heterocycles. The molecule has 0 aliphatic heterocycles. The predicted molar refractivity (Wildman–Crippen MR) is 209 cm³/mol. The Labute approximate surface area is 296 Å². The maximum absolute atomic E-state index is 6.59. The van der Waals surface area contributed by atoms with Crippen molar-refractivity contribution in [2.45, 2.75) is 25.7 Å². The van der Waals surface area contributed by atoms with Gasteiger partial charge in [0, 0.05) is 28.4 Å². The number of oxazole rings is 1. The Morgan fingerprint density at radius 3 is 1.88 bits per heavy atom. The number of aromatic nitrogens is 1. The highest BCUT2D eigenvalue weighted by molar-refractivity contribution is 6.15. The van der Waals surface area contributed by atoms with E-state index in [2.05, 4.69) is 126 Å². The first-order valence-electron chi connectivity index (χ1n) is 17.8. The third-order valence-electron chi connectivity index (χ3n) is 10.3. The zero-order valence-electron chi connectivity index (χ0n) is 28.1. The molecule has 10 rings (SSSR count). The van der Waals surface area contributed by atoms with Gasteiger partial charge in [0.05, 0.1) is 11.1 Å². The van der Waals surface area contributed by atoms with E-state index in [-0.39, 0.29) is 0 Å². The molecular weight excluding hydrogens is 625 g/mol. The van der Waals surface area contributed by atoms with E-state index in [0.717, 1.165) is 57.2 Å². The zero-order chi connectivity index (χ0) is 33.7. The van der Waals surface area contributed by atoms with Crippen molar-refractivity contribution in [1.29, 1.82) is 0 Å². The molecule has 7 aromatic carbocycles. The SMILES string of the molecule is c1ccc(-c2ccc(N(c3ccc(-c4ccccc4)c4c3CCCC4)c3cccc4oc5cc6oc(-c7ccccc7)nc6cc5c34)cc2)cc1. The van der Waals surface area contributed by atoms with Crippen molar-refractivity contribution < 1.29 is 8.83 Å². The van der Waals surface area contributed by atoms with Gasteiger partial charge >= 0.3 is 0 Å². The average Bonchev–Trinajstić information content (AvgIpc) is 3.79. The summed E-state index contributed by atoms with van der Waals surface area (Å²) in [4.78, 5) is 7.37. The number of hydrogen-bond acceptors (Lipinski definition) is 4. The Balaban J connectivity index is 1.20. The lowest BCUT2D eigenvalue weighted by atomic mass is 9.84. The van der Waals surface area contributed by atoms with Crippen molar-refractivity contribution in [2.24, 2.45) is 0 Å². The average molecular weight is 659 g/mol. The maximum atomic E-state index is 6.59. The maximum Gasteiger partial charge on any atom is 0.227 e. The first-order chi connectivity index (χ1) is 25.3. The fourth-order valence-electron chi connectivity index (χ4n) is 7.91. The fourth-order valence-corrected chi connectivity index (χ4v) is 7.91. The van der Waals surface area contributed by atoms with Crippen molar-refractivity contribution in [2.75, 3.05) is 4.90 Å². The van der Waals surface area contributed by atoms with E-state index in [0.29, 0.717) is 11.5 Å². The summed E-state index contributed by atoms with van der Waals surface area (Å²) in [5, 5.41) is 2.07. The molecule has 244 valence electrons. The summed E-state index contributed by atoms with van der Waals surface area (Å²) in [6.07, 6.45) is 4.48. The third kappa shape index (κ3) is 5.11. The van der Waals surface area contributed by atoms with Crippen molar-refractivity contribution in [3.05, 3.63) is 169 Å². The highest BCUT2D eigenvalue weighted by Crippen LogP contribution is 2.47. The Hall–Kier alpha value is -6.39. The summed E-state index contributed by atoms with van der Waals surface area (Å²) < 4.78 is 12.8. The number of nitrogens with zero attached hydrogens (tertiary/aromatic N) is 2. The molecule has 0 saturated heterocycles. The molecule has 9 aromatic rings. The minimum Gasteiger partial charge on any atom is -0.456 e. The molecule has 4 heteroatoms. The number of benzene rings is 7. The van der Waals surface area contributed by atoms with E-state index in [9.17, 15) is 0 Å². The normalized spacial score (nSPS) is 12.8. The second-order valence-corrected chi connectivity index (χ2v) is 13.4. The lowest BCUT2D eigenvalue weighted by Crippen LogP contribution is -2.16. The number of anilines is 3. The Morgan fingerprint density at radius 1 is 0.471 bits per heavy atom. The molecule has 1 aliphatic rings. The molecule has 4 nitrogen and oxygen atoms in total. The standard InChI is InChI=1S/C47H34N2O2/c1-4-13-31(14-5-1)32-23-25-35(26-24-32)49(41-28-27-36(33-15-6-2-7-16-33)37-19-10-11-20-38(37)41)42-21-12-22-43-46(42)39-29-40-45(30-44(39)50-43)51-47(48-40)34-17-8-3-9-18-34/h1-9,12-18,21-30H,10-11,19-20H2. The van der Waals surface area contributed by atoms with Gasteiger partial charge in [0.2, 0.25) is 5.89 Å². The zero-order valence-corrected chi connectivity index (χ0v) is 28.1. The summed E-state index contributed by atoms with van der Waals surface area (Å²) in [7, 11) is 0. The third-order valence-corrected chi connectivity index (χ3v) is 10.3. The fraction of sp³-hybridized carbons (Fsp3) is 0.0851. The van der Waals surface area contributed by atoms with Gasteiger partial charge in [-0.15, -0.1) is 0 Å². The Kier molecular flexibility index (Phi) is 7.05. The minimum absolute atomic E-state index is 0.605. The van der Waals surface area contributed by atoms with Crippen molar-refractivity contribution in [1.82, 2.24) is 4.98 Å². The van der Waals surface area contributed by atoms with E-state index in [1.54, 1.807) is 0 Å². The van der Waals surface area contributed by atoms with E-state index in [1.807, 2.05) is 36.4 Å². The van der Waals surface area contributed by atoms with Crippen LogP contribution >= 0.6 is 0 Å². The molecule has 2 heterocycles. The van der Waals surface area contributed by atoms with E-state index in [1.165, 1.54) is 51.9 Å². The molecule has 0 N–H and O–H groups in total. The number of furan rings is 1. The molecule has 0 saturated carbocycles. The van der Waals surface area contributed by atoms with E-state index < -0.39 is 0 Å². The summed E-state index contributed by atoms with van der Waals surface area (Å²) in [5.74, 6) is 0.605. The lowest BCUT2D eigenvalue weighted by Gasteiger charge is -2.32. The van der Waals surface area contributed by atoms with Crippen molar-refractivity contribution >= 4 is 50.1 Å². The summed E-state index contributed by atoms with van der Waals surface area (Å²) in [5.41, 5.74) is 15.4. The molecule has 0 fully saturated rings. The van der Waals surface area contributed by atoms with Crippen LogP contribution in [0, 0.1) is 0 Å². The van der Waals surface area contributed by atoms with Gasteiger partial charge in [0.1, 0.15) is 16.7 Å². The molecule has 0 radical (unpaired) electrons. The Morgan fingerprint density at radius 2 is 1.14 bits per heavy atom. The van der Waals surface area contributed by atoms with Gasteiger partial charge in [0.25, 0.3) is 0 Å². The smallest absolute Gasteiger partial charge is 0.227 e. The van der Waals surface area contributed by atoms with E-state index in [4.69, 9.17) is 13.8 Å². The number of hydrogen-bond donors (Lipinski definition) is 0. The molecule has 1 aliphatic carbocycles. The number of rotatable bonds is 6. The van der Waals surface area contributed by atoms with Crippen LogP contribution in [0.4, 0.5) is 17.1 Å².